The zero-order valence-electron chi connectivity index (χ0n) is 18.0. The van der Waals surface area contributed by atoms with Gasteiger partial charge in [-0.1, -0.05) is 29.8 Å². The molecule has 0 atom stereocenters. The molecule has 0 fully saturated rings. The Kier molecular flexibility index (Phi) is 8.32. The van der Waals surface area contributed by atoms with E-state index in [1.54, 1.807) is 55.6 Å². The molecule has 3 aromatic rings. The molecular weight excluding hydrogens is 446 g/mol. The number of amides is 1. The van der Waals surface area contributed by atoms with Gasteiger partial charge in [-0.25, -0.2) is 4.79 Å². The molecule has 8 heteroatoms. The van der Waals surface area contributed by atoms with Gasteiger partial charge in [-0.2, -0.15) is 0 Å². The maximum absolute atomic E-state index is 12.3. The van der Waals surface area contributed by atoms with Crippen molar-refractivity contribution < 1.29 is 28.5 Å². The Morgan fingerprint density at radius 1 is 0.909 bits per heavy atom. The number of esters is 1. The molecule has 1 N–H and O–H groups in total. The van der Waals surface area contributed by atoms with Gasteiger partial charge in [0.2, 0.25) is 0 Å². The molecule has 3 aromatic carbocycles. The van der Waals surface area contributed by atoms with Crippen LogP contribution in [0.1, 0.15) is 5.56 Å². The van der Waals surface area contributed by atoms with Gasteiger partial charge in [-0.3, -0.25) is 4.79 Å². The molecule has 0 spiro atoms. The van der Waals surface area contributed by atoms with E-state index in [1.165, 1.54) is 19.3 Å². The van der Waals surface area contributed by atoms with E-state index in [4.69, 9.17) is 30.5 Å². The summed E-state index contributed by atoms with van der Waals surface area (Å²) >= 11 is 6.06. The van der Waals surface area contributed by atoms with Gasteiger partial charge in [0, 0.05) is 16.7 Å². The predicted octanol–water partition coefficient (Wildman–Crippen LogP) is 5.34. The number of hydrogen-bond donors (Lipinski definition) is 1. The van der Waals surface area contributed by atoms with E-state index in [-0.39, 0.29) is 0 Å². The molecule has 0 unspecified atom stereocenters. The first-order valence-electron chi connectivity index (χ1n) is 9.87. The molecule has 7 nitrogen and oxygen atoms in total. The number of benzene rings is 3. The Morgan fingerprint density at radius 2 is 1.67 bits per heavy atom. The van der Waals surface area contributed by atoms with Gasteiger partial charge in [0.15, 0.2) is 12.4 Å². The quantitative estimate of drug-likeness (QED) is 0.337. The molecule has 0 saturated heterocycles. The molecule has 33 heavy (non-hydrogen) atoms. The summed E-state index contributed by atoms with van der Waals surface area (Å²) in [6.45, 7) is -0.490. The third-order valence-corrected chi connectivity index (χ3v) is 4.60. The fourth-order valence-corrected chi connectivity index (χ4v) is 2.98. The summed E-state index contributed by atoms with van der Waals surface area (Å²) in [4.78, 5) is 24.4. The van der Waals surface area contributed by atoms with Gasteiger partial charge < -0.3 is 24.3 Å². The monoisotopic (exact) mass is 467 g/mol. The molecule has 0 bridgehead atoms. The number of anilines is 1. The van der Waals surface area contributed by atoms with Gasteiger partial charge in [0.1, 0.15) is 17.2 Å². The topological polar surface area (TPSA) is 83.1 Å². The van der Waals surface area contributed by atoms with E-state index in [0.717, 1.165) is 0 Å². The molecule has 0 aromatic heterocycles. The minimum absolute atomic E-state index is 0.351. The molecule has 3 rings (SSSR count). The van der Waals surface area contributed by atoms with E-state index >= 15 is 0 Å². The van der Waals surface area contributed by atoms with Gasteiger partial charge in [0.05, 0.1) is 19.9 Å². The van der Waals surface area contributed by atoms with Crippen molar-refractivity contribution in [3.8, 4) is 23.0 Å². The second kappa shape index (κ2) is 11.6. The van der Waals surface area contributed by atoms with Gasteiger partial charge in [-0.05, 0) is 54.6 Å². The normalized spacial score (nSPS) is 10.5. The zero-order valence-corrected chi connectivity index (χ0v) is 18.8. The van der Waals surface area contributed by atoms with Crippen molar-refractivity contribution >= 4 is 35.2 Å². The molecule has 0 saturated carbocycles. The number of ether oxygens (including phenoxy) is 4. The van der Waals surface area contributed by atoms with E-state index in [2.05, 4.69) is 5.32 Å². The molecule has 0 aliphatic carbocycles. The Hall–Kier alpha value is -3.97. The molecule has 1 amide bonds. The van der Waals surface area contributed by atoms with Crippen LogP contribution in [0.2, 0.25) is 5.02 Å². The maximum atomic E-state index is 12.3. The Morgan fingerprint density at radius 3 is 2.39 bits per heavy atom. The Bertz CT molecular complexity index is 1150. The highest BCUT2D eigenvalue weighted by Crippen LogP contribution is 2.32. The van der Waals surface area contributed by atoms with Crippen molar-refractivity contribution in [1.29, 1.82) is 0 Å². The van der Waals surface area contributed by atoms with Crippen LogP contribution in [0.25, 0.3) is 6.08 Å². The first kappa shape index (κ1) is 23.7. The summed E-state index contributed by atoms with van der Waals surface area (Å²) in [6.07, 6.45) is 2.72. The summed E-state index contributed by atoms with van der Waals surface area (Å²) in [5.74, 6) is 0.927. The number of methoxy groups -OCH3 is 2. The standard InChI is InChI=1S/C25H22ClNO6/c1-30-20-10-12-22(31-2)17(14-20)8-13-25(29)32-16-24(28)27-21-15-18(26)9-11-23(21)33-19-6-4-3-5-7-19/h3-15H,16H2,1-2H3,(H,27,28)/b13-8+. The molecule has 0 heterocycles. The summed E-state index contributed by atoms with van der Waals surface area (Å²) in [5.41, 5.74) is 0.976. The maximum Gasteiger partial charge on any atom is 0.331 e. The molecule has 0 aliphatic heterocycles. The van der Waals surface area contributed by atoms with Crippen LogP contribution in [0.15, 0.2) is 72.8 Å². The van der Waals surface area contributed by atoms with Crippen molar-refractivity contribution in [3.05, 3.63) is 83.4 Å². The highest BCUT2D eigenvalue weighted by Gasteiger charge is 2.12. The second-order valence-corrected chi connectivity index (χ2v) is 7.09. The SMILES string of the molecule is COc1ccc(OC)c(/C=C/C(=O)OCC(=O)Nc2cc(Cl)ccc2Oc2ccccc2)c1. The number of hydrogen-bond acceptors (Lipinski definition) is 6. The molecule has 170 valence electrons. The van der Waals surface area contributed by atoms with Gasteiger partial charge in [-0.15, -0.1) is 0 Å². The molecule has 0 radical (unpaired) electrons. The lowest BCUT2D eigenvalue weighted by Crippen LogP contribution is -2.20. The van der Waals surface area contributed by atoms with E-state index in [0.29, 0.717) is 39.3 Å². The van der Waals surface area contributed by atoms with Crippen molar-refractivity contribution in [3.63, 3.8) is 0 Å². The highest BCUT2D eigenvalue weighted by atomic mass is 35.5. The summed E-state index contributed by atoms with van der Waals surface area (Å²) < 4.78 is 21.3. The van der Waals surface area contributed by atoms with E-state index < -0.39 is 18.5 Å². The van der Waals surface area contributed by atoms with Crippen LogP contribution in [0.3, 0.4) is 0 Å². The minimum Gasteiger partial charge on any atom is -0.497 e. The summed E-state index contributed by atoms with van der Waals surface area (Å²) in [6, 6.07) is 19.1. The van der Waals surface area contributed by atoms with Crippen LogP contribution in [0.5, 0.6) is 23.0 Å². The number of halogens is 1. The second-order valence-electron chi connectivity index (χ2n) is 6.65. The van der Waals surface area contributed by atoms with Crippen LogP contribution in [0.4, 0.5) is 5.69 Å². The Balaban J connectivity index is 1.60. The molecule has 0 aliphatic rings. The van der Waals surface area contributed by atoms with Crippen LogP contribution < -0.4 is 19.5 Å². The minimum atomic E-state index is -0.693. The number of carbonyl (C=O) groups excluding carboxylic acids is 2. The summed E-state index contributed by atoms with van der Waals surface area (Å²) in [5, 5.41) is 3.06. The largest absolute Gasteiger partial charge is 0.497 e. The number of carbonyl (C=O) groups is 2. The van der Waals surface area contributed by atoms with Gasteiger partial charge >= 0.3 is 5.97 Å². The lowest BCUT2D eigenvalue weighted by Gasteiger charge is -2.13. The van der Waals surface area contributed by atoms with Crippen molar-refractivity contribution in [1.82, 2.24) is 0 Å². The predicted molar refractivity (Wildman–Crippen MR) is 126 cm³/mol. The fourth-order valence-electron chi connectivity index (χ4n) is 2.80. The highest BCUT2D eigenvalue weighted by molar-refractivity contribution is 6.31. The fraction of sp³-hybridized carbons (Fsp3) is 0.120. The third-order valence-electron chi connectivity index (χ3n) is 4.37. The average Bonchev–Trinajstić information content (AvgIpc) is 2.83. The first-order chi connectivity index (χ1) is 16.0. The van der Waals surface area contributed by atoms with Crippen LogP contribution in [0, 0.1) is 0 Å². The zero-order chi connectivity index (χ0) is 23.6. The van der Waals surface area contributed by atoms with Crippen LogP contribution in [-0.2, 0) is 14.3 Å². The third kappa shape index (κ3) is 7.02. The average molecular weight is 468 g/mol. The van der Waals surface area contributed by atoms with Crippen molar-refractivity contribution in [2.45, 2.75) is 0 Å². The van der Waals surface area contributed by atoms with Gasteiger partial charge in [0.25, 0.3) is 5.91 Å². The summed E-state index contributed by atoms with van der Waals surface area (Å²) in [7, 11) is 3.06. The molecular formula is C25H22ClNO6. The van der Waals surface area contributed by atoms with Crippen molar-refractivity contribution in [2.24, 2.45) is 0 Å². The number of nitrogens with one attached hydrogen (secondary N) is 1. The lowest BCUT2D eigenvalue weighted by molar-refractivity contribution is -0.142. The number of rotatable bonds is 9. The first-order valence-corrected chi connectivity index (χ1v) is 10.3. The smallest absolute Gasteiger partial charge is 0.331 e. The van der Waals surface area contributed by atoms with E-state index in [9.17, 15) is 9.59 Å². The lowest BCUT2D eigenvalue weighted by atomic mass is 10.1. The van der Waals surface area contributed by atoms with Crippen LogP contribution >= 0.6 is 11.6 Å². The van der Waals surface area contributed by atoms with Crippen LogP contribution in [-0.4, -0.2) is 32.7 Å². The Labute approximate surface area is 196 Å². The van der Waals surface area contributed by atoms with Crippen molar-refractivity contribution in [2.75, 3.05) is 26.1 Å². The number of para-hydroxylation sites is 1. The van der Waals surface area contributed by atoms with E-state index in [1.807, 2.05) is 18.2 Å².